The van der Waals surface area contributed by atoms with Gasteiger partial charge in [0, 0.05) is 40.2 Å². The van der Waals surface area contributed by atoms with Crippen molar-refractivity contribution in [3.63, 3.8) is 0 Å². The summed E-state index contributed by atoms with van der Waals surface area (Å²) in [6.45, 7) is 11.8. The normalized spacial score (nSPS) is 14.2. The SMILES string of the molecule is Cc1nccc2c1OCc1cc(O)ccc1-2.Cc1nccc2c1OCc1cc(OC[C@@](C)(N)CC(C)C)ccc1-2. The van der Waals surface area contributed by atoms with E-state index in [1.54, 1.807) is 18.3 Å². The fraction of sp³-hybridized carbons (Fsp3) is 0.333. The molecule has 3 N–H and O–H groups in total. The summed E-state index contributed by atoms with van der Waals surface area (Å²) in [6.07, 6.45) is 4.53. The number of pyridine rings is 2. The number of fused-ring (bicyclic) bond motifs is 6. The zero-order valence-corrected chi connectivity index (χ0v) is 23.8. The molecule has 2 aromatic carbocycles. The molecule has 0 saturated heterocycles. The molecule has 7 nitrogen and oxygen atoms in total. The Morgan fingerprint density at radius 2 is 1.40 bits per heavy atom. The van der Waals surface area contributed by atoms with E-state index in [-0.39, 0.29) is 11.3 Å². The molecule has 0 radical (unpaired) electrons. The maximum atomic E-state index is 9.42. The monoisotopic (exact) mass is 539 g/mol. The maximum absolute atomic E-state index is 9.42. The van der Waals surface area contributed by atoms with Gasteiger partial charge in [-0.05, 0) is 80.6 Å². The number of phenols is 1. The number of rotatable bonds is 5. The van der Waals surface area contributed by atoms with Gasteiger partial charge in [0.25, 0.3) is 0 Å². The molecule has 6 rings (SSSR count). The van der Waals surface area contributed by atoms with Gasteiger partial charge in [0.05, 0.1) is 11.4 Å². The van der Waals surface area contributed by atoms with Crippen LogP contribution in [0, 0.1) is 19.8 Å². The fourth-order valence-electron chi connectivity index (χ4n) is 5.44. The third-order valence-corrected chi connectivity index (χ3v) is 7.10. The average Bonchev–Trinajstić information content (AvgIpc) is 2.91. The molecule has 0 spiro atoms. The van der Waals surface area contributed by atoms with Gasteiger partial charge < -0.3 is 25.1 Å². The number of aryl methyl sites for hydroxylation is 2. The Balaban J connectivity index is 0.000000174. The van der Waals surface area contributed by atoms with E-state index in [0.29, 0.717) is 25.7 Å². The van der Waals surface area contributed by atoms with E-state index >= 15 is 0 Å². The molecule has 0 amide bonds. The van der Waals surface area contributed by atoms with Crippen LogP contribution < -0.4 is 19.9 Å². The van der Waals surface area contributed by atoms with Crippen LogP contribution in [0.1, 0.15) is 49.7 Å². The molecule has 0 fully saturated rings. The minimum Gasteiger partial charge on any atom is -0.508 e. The van der Waals surface area contributed by atoms with E-state index in [0.717, 1.165) is 62.9 Å². The minimum atomic E-state index is -0.323. The van der Waals surface area contributed by atoms with Crippen LogP contribution in [0.5, 0.6) is 23.0 Å². The zero-order chi connectivity index (χ0) is 28.4. The summed E-state index contributed by atoms with van der Waals surface area (Å²) in [5.74, 6) is 3.39. The Kier molecular flexibility index (Phi) is 7.68. The van der Waals surface area contributed by atoms with Gasteiger partial charge in [-0.1, -0.05) is 26.0 Å². The molecule has 2 aliphatic heterocycles. The summed E-state index contributed by atoms with van der Waals surface area (Å²) >= 11 is 0. The summed E-state index contributed by atoms with van der Waals surface area (Å²) in [6, 6.07) is 15.5. The molecule has 2 aromatic heterocycles. The van der Waals surface area contributed by atoms with Gasteiger partial charge in [0.2, 0.25) is 0 Å². The van der Waals surface area contributed by atoms with E-state index in [1.807, 2.05) is 51.2 Å². The predicted molar refractivity (Wildman–Crippen MR) is 157 cm³/mol. The van der Waals surface area contributed by atoms with Crippen molar-refractivity contribution in [2.24, 2.45) is 11.7 Å². The molecule has 4 heterocycles. The number of nitrogens with zero attached hydrogens (tertiary/aromatic N) is 2. The number of ether oxygens (including phenoxy) is 3. The maximum Gasteiger partial charge on any atom is 0.148 e. The van der Waals surface area contributed by atoms with Gasteiger partial charge in [-0.3, -0.25) is 9.97 Å². The Hall–Kier alpha value is -4.10. The Bertz CT molecular complexity index is 1530. The highest BCUT2D eigenvalue weighted by atomic mass is 16.5. The summed E-state index contributed by atoms with van der Waals surface area (Å²) in [5, 5.41) is 9.42. The highest BCUT2D eigenvalue weighted by Crippen LogP contribution is 2.41. The Morgan fingerprint density at radius 1 is 0.850 bits per heavy atom. The van der Waals surface area contributed by atoms with E-state index in [4.69, 9.17) is 19.9 Å². The second-order valence-corrected chi connectivity index (χ2v) is 11.3. The van der Waals surface area contributed by atoms with Gasteiger partial charge in [-0.2, -0.15) is 0 Å². The second-order valence-electron chi connectivity index (χ2n) is 11.3. The summed E-state index contributed by atoms with van der Waals surface area (Å²) in [7, 11) is 0. The smallest absolute Gasteiger partial charge is 0.148 e. The van der Waals surface area contributed by atoms with Gasteiger partial charge in [-0.15, -0.1) is 0 Å². The van der Waals surface area contributed by atoms with Gasteiger partial charge in [0.15, 0.2) is 0 Å². The van der Waals surface area contributed by atoms with Crippen molar-refractivity contribution in [2.45, 2.75) is 59.8 Å². The highest BCUT2D eigenvalue weighted by Gasteiger charge is 2.23. The number of hydrogen-bond acceptors (Lipinski definition) is 7. The standard InChI is InChI=1S/C20H26N2O2.C13H11NO2/c1-13(2)10-20(4,21)12-24-16-5-6-17-15(9-16)11-23-19-14(3)22-8-7-18(17)19;1-8-13-12(4-5-14-8)11-3-2-10(15)6-9(11)7-16-13/h5-9,13H,10-12,21H2,1-4H3;2-6,15H,7H2,1H3/t20-;/m0./s1. The van der Waals surface area contributed by atoms with E-state index in [9.17, 15) is 5.11 Å². The third-order valence-electron chi connectivity index (χ3n) is 7.10. The van der Waals surface area contributed by atoms with Crippen LogP contribution in [0.25, 0.3) is 22.3 Å². The molecule has 208 valence electrons. The first-order valence-electron chi connectivity index (χ1n) is 13.7. The molecule has 0 bridgehead atoms. The molecule has 0 saturated carbocycles. The predicted octanol–water partition coefficient (Wildman–Crippen LogP) is 6.75. The van der Waals surface area contributed by atoms with Crippen LogP contribution in [0.2, 0.25) is 0 Å². The molecule has 0 unspecified atom stereocenters. The van der Waals surface area contributed by atoms with E-state index in [1.165, 1.54) is 5.56 Å². The summed E-state index contributed by atoms with van der Waals surface area (Å²) < 4.78 is 17.5. The Labute approximate surface area is 236 Å². The van der Waals surface area contributed by atoms with Crippen LogP contribution in [0.4, 0.5) is 0 Å². The lowest BCUT2D eigenvalue weighted by Gasteiger charge is -2.27. The van der Waals surface area contributed by atoms with Crippen molar-refractivity contribution in [1.29, 1.82) is 0 Å². The van der Waals surface area contributed by atoms with Crippen LogP contribution in [-0.4, -0.2) is 27.2 Å². The van der Waals surface area contributed by atoms with Crippen molar-refractivity contribution in [3.05, 3.63) is 83.4 Å². The van der Waals surface area contributed by atoms with Crippen molar-refractivity contribution in [2.75, 3.05) is 6.61 Å². The lowest BCUT2D eigenvalue weighted by atomic mass is 9.93. The van der Waals surface area contributed by atoms with Crippen LogP contribution in [0.3, 0.4) is 0 Å². The molecule has 40 heavy (non-hydrogen) atoms. The number of hydrogen-bond donors (Lipinski definition) is 2. The van der Waals surface area contributed by atoms with E-state index < -0.39 is 0 Å². The summed E-state index contributed by atoms with van der Waals surface area (Å²) in [4.78, 5) is 8.51. The van der Waals surface area contributed by atoms with Crippen molar-refractivity contribution in [3.8, 4) is 45.3 Å². The van der Waals surface area contributed by atoms with Crippen molar-refractivity contribution >= 4 is 0 Å². The topological polar surface area (TPSA) is 99.7 Å². The van der Waals surface area contributed by atoms with E-state index in [2.05, 4.69) is 35.9 Å². The largest absolute Gasteiger partial charge is 0.508 e. The average molecular weight is 540 g/mol. The Morgan fingerprint density at radius 3 is 1.98 bits per heavy atom. The lowest BCUT2D eigenvalue weighted by molar-refractivity contribution is 0.206. The molecular formula is C33H37N3O4. The number of aromatic hydroxyl groups is 1. The lowest BCUT2D eigenvalue weighted by Crippen LogP contribution is -2.43. The van der Waals surface area contributed by atoms with Gasteiger partial charge >= 0.3 is 0 Å². The molecule has 4 aromatic rings. The van der Waals surface area contributed by atoms with Gasteiger partial charge in [-0.25, -0.2) is 0 Å². The first-order valence-corrected chi connectivity index (χ1v) is 13.7. The molecular weight excluding hydrogens is 502 g/mol. The molecule has 7 heteroatoms. The quantitative estimate of drug-likeness (QED) is 0.289. The fourth-order valence-corrected chi connectivity index (χ4v) is 5.44. The molecule has 1 atom stereocenters. The third kappa shape index (κ3) is 5.89. The first kappa shape index (κ1) is 27.5. The van der Waals surface area contributed by atoms with Crippen molar-refractivity contribution < 1.29 is 19.3 Å². The zero-order valence-electron chi connectivity index (χ0n) is 23.8. The van der Waals surface area contributed by atoms with Crippen LogP contribution in [0.15, 0.2) is 60.9 Å². The van der Waals surface area contributed by atoms with Crippen molar-refractivity contribution in [1.82, 2.24) is 9.97 Å². The molecule has 2 aliphatic rings. The highest BCUT2D eigenvalue weighted by molar-refractivity contribution is 5.77. The molecule has 0 aliphatic carbocycles. The van der Waals surface area contributed by atoms with Gasteiger partial charge in [0.1, 0.15) is 42.8 Å². The second kappa shape index (κ2) is 11.2. The number of benzene rings is 2. The first-order chi connectivity index (χ1) is 19.1. The number of nitrogens with two attached hydrogens (primary N) is 1. The number of aromatic nitrogens is 2. The number of phenolic OH excluding ortho intramolecular Hbond substituents is 1. The van der Waals surface area contributed by atoms with Crippen LogP contribution >= 0.6 is 0 Å². The minimum absolute atomic E-state index is 0.275. The van der Waals surface area contributed by atoms with Crippen LogP contribution in [-0.2, 0) is 13.2 Å². The summed E-state index contributed by atoms with van der Waals surface area (Å²) in [5.41, 5.74) is 14.4.